The first kappa shape index (κ1) is 16.4. The molecule has 5 nitrogen and oxygen atoms in total. The van der Waals surface area contributed by atoms with Gasteiger partial charge in [0.1, 0.15) is 5.69 Å². The largest absolute Gasteiger partial charge is 0.381 e. The van der Waals surface area contributed by atoms with Gasteiger partial charge in [0, 0.05) is 37.6 Å². The minimum absolute atomic E-state index is 0.0292. The van der Waals surface area contributed by atoms with Gasteiger partial charge in [-0.2, -0.15) is 0 Å². The number of carbonyl (C=O) groups excluding carboxylic acids is 1. The number of hydrogen-bond acceptors (Lipinski definition) is 4. The summed E-state index contributed by atoms with van der Waals surface area (Å²) in [5, 5.41) is 3.36. The molecule has 0 aliphatic heterocycles. The Bertz CT molecular complexity index is 418. The van der Waals surface area contributed by atoms with Crippen molar-refractivity contribution in [1.82, 2.24) is 9.88 Å². The molecule has 20 heavy (non-hydrogen) atoms. The van der Waals surface area contributed by atoms with E-state index in [1.54, 1.807) is 17.2 Å². The van der Waals surface area contributed by atoms with Crippen molar-refractivity contribution >= 4 is 11.6 Å². The average Bonchev–Trinajstić information content (AvgIpc) is 2.48. The fourth-order valence-corrected chi connectivity index (χ4v) is 2.14. The lowest BCUT2D eigenvalue weighted by Gasteiger charge is -2.20. The zero-order valence-corrected chi connectivity index (χ0v) is 12.7. The molecular weight excluding hydrogens is 252 g/mol. The van der Waals surface area contributed by atoms with Gasteiger partial charge in [0.05, 0.1) is 0 Å². The Morgan fingerprint density at radius 2 is 2.10 bits per heavy atom. The zero-order chi connectivity index (χ0) is 15.0. The molecule has 1 rings (SSSR count). The third-order valence-corrected chi connectivity index (χ3v) is 3.32. The molecule has 0 aliphatic rings. The lowest BCUT2D eigenvalue weighted by Crippen LogP contribution is -2.31. The summed E-state index contributed by atoms with van der Waals surface area (Å²) in [5.74, 6) is -0.0292. The van der Waals surface area contributed by atoms with E-state index in [-0.39, 0.29) is 11.9 Å². The number of carbonyl (C=O) groups is 1. The first-order valence-electron chi connectivity index (χ1n) is 7.38. The van der Waals surface area contributed by atoms with E-state index >= 15 is 0 Å². The Morgan fingerprint density at radius 3 is 2.65 bits per heavy atom. The highest BCUT2D eigenvalue weighted by Gasteiger charge is 2.14. The number of rotatable bonds is 8. The Kier molecular flexibility index (Phi) is 7.01. The van der Waals surface area contributed by atoms with E-state index in [0.29, 0.717) is 25.3 Å². The van der Waals surface area contributed by atoms with Crippen LogP contribution in [0.4, 0.5) is 5.69 Å². The summed E-state index contributed by atoms with van der Waals surface area (Å²) >= 11 is 0. The highest BCUT2D eigenvalue weighted by molar-refractivity contribution is 5.93. The van der Waals surface area contributed by atoms with Crippen LogP contribution < -0.4 is 11.1 Å². The van der Waals surface area contributed by atoms with E-state index in [1.807, 2.05) is 19.9 Å². The number of anilines is 1. The van der Waals surface area contributed by atoms with E-state index in [1.165, 1.54) is 0 Å². The molecule has 1 aromatic heterocycles. The number of pyridine rings is 1. The smallest absolute Gasteiger partial charge is 0.272 e. The fraction of sp³-hybridized carbons (Fsp3) is 0.600. The van der Waals surface area contributed by atoms with Gasteiger partial charge in [0.2, 0.25) is 0 Å². The fourth-order valence-electron chi connectivity index (χ4n) is 2.14. The number of nitrogens with two attached hydrogens (primary N) is 1. The number of hydrogen-bond donors (Lipinski definition) is 2. The molecule has 0 radical (unpaired) electrons. The van der Waals surface area contributed by atoms with Crippen LogP contribution in [0.15, 0.2) is 18.3 Å². The number of nitrogens with zero attached hydrogens (tertiary/aromatic N) is 2. The van der Waals surface area contributed by atoms with Crippen LogP contribution in [0.1, 0.15) is 44.1 Å². The molecule has 0 bridgehead atoms. The molecule has 0 fully saturated rings. The molecule has 1 aromatic rings. The number of amides is 1. The summed E-state index contributed by atoms with van der Waals surface area (Å²) in [4.78, 5) is 18.2. The van der Waals surface area contributed by atoms with Gasteiger partial charge >= 0.3 is 0 Å². The van der Waals surface area contributed by atoms with Crippen molar-refractivity contribution in [3.05, 3.63) is 24.0 Å². The molecule has 3 N–H and O–H groups in total. The molecule has 0 spiro atoms. The molecule has 0 saturated carbocycles. The van der Waals surface area contributed by atoms with E-state index in [4.69, 9.17) is 5.73 Å². The highest BCUT2D eigenvalue weighted by Crippen LogP contribution is 2.13. The van der Waals surface area contributed by atoms with Crippen molar-refractivity contribution in [2.24, 2.45) is 5.73 Å². The summed E-state index contributed by atoms with van der Waals surface area (Å²) in [6, 6.07) is 3.91. The van der Waals surface area contributed by atoms with Crippen LogP contribution in [0.2, 0.25) is 0 Å². The van der Waals surface area contributed by atoms with Gasteiger partial charge in [-0.1, -0.05) is 13.3 Å². The minimum Gasteiger partial charge on any atom is -0.381 e. The molecule has 1 atom stereocenters. The van der Waals surface area contributed by atoms with Crippen LogP contribution in [0.5, 0.6) is 0 Å². The molecule has 0 aromatic carbocycles. The number of aromatic nitrogens is 1. The monoisotopic (exact) mass is 278 g/mol. The van der Waals surface area contributed by atoms with Gasteiger partial charge in [0.25, 0.3) is 5.91 Å². The first-order valence-corrected chi connectivity index (χ1v) is 7.38. The van der Waals surface area contributed by atoms with Crippen molar-refractivity contribution in [2.45, 2.75) is 39.7 Å². The molecule has 5 heteroatoms. The van der Waals surface area contributed by atoms with Crippen molar-refractivity contribution in [2.75, 3.05) is 25.0 Å². The van der Waals surface area contributed by atoms with Gasteiger partial charge in [0.15, 0.2) is 0 Å². The van der Waals surface area contributed by atoms with Crippen LogP contribution in [0.25, 0.3) is 0 Å². The highest BCUT2D eigenvalue weighted by atomic mass is 16.2. The van der Waals surface area contributed by atoms with E-state index in [9.17, 15) is 4.79 Å². The second-order valence-corrected chi connectivity index (χ2v) is 4.77. The third-order valence-electron chi connectivity index (χ3n) is 3.32. The average molecular weight is 278 g/mol. The minimum atomic E-state index is -0.0292. The first-order chi connectivity index (χ1) is 9.65. The second-order valence-electron chi connectivity index (χ2n) is 4.77. The van der Waals surface area contributed by atoms with Gasteiger partial charge < -0.3 is 16.0 Å². The second kappa shape index (κ2) is 8.53. The van der Waals surface area contributed by atoms with Gasteiger partial charge in [-0.15, -0.1) is 0 Å². The van der Waals surface area contributed by atoms with E-state index in [2.05, 4.69) is 17.2 Å². The van der Waals surface area contributed by atoms with Crippen molar-refractivity contribution in [1.29, 1.82) is 0 Å². The Balaban J connectivity index is 2.82. The predicted octanol–water partition coefficient (Wildman–Crippen LogP) is 2.10. The predicted molar refractivity (Wildman–Crippen MR) is 82.9 cm³/mol. The van der Waals surface area contributed by atoms with E-state index in [0.717, 1.165) is 18.5 Å². The molecule has 0 saturated heterocycles. The summed E-state index contributed by atoms with van der Waals surface area (Å²) in [5.41, 5.74) is 7.12. The summed E-state index contributed by atoms with van der Waals surface area (Å²) in [6.45, 7) is 8.03. The standard InChI is InChI=1S/C15H26N4O/c1-4-7-13(11-16)18-12-8-9-17-14(10-12)15(20)19(5-2)6-3/h8-10,13H,4-7,11,16H2,1-3H3,(H,17,18). The summed E-state index contributed by atoms with van der Waals surface area (Å²) < 4.78 is 0. The molecule has 112 valence electrons. The summed E-state index contributed by atoms with van der Waals surface area (Å²) in [7, 11) is 0. The Labute approximate surface area is 121 Å². The van der Waals surface area contributed by atoms with Gasteiger partial charge in [-0.05, 0) is 32.4 Å². The molecule has 1 amide bonds. The zero-order valence-electron chi connectivity index (χ0n) is 12.7. The normalized spacial score (nSPS) is 12.0. The quantitative estimate of drug-likeness (QED) is 0.764. The maximum atomic E-state index is 12.3. The topological polar surface area (TPSA) is 71.2 Å². The SMILES string of the molecule is CCCC(CN)Nc1ccnc(C(=O)N(CC)CC)c1. The molecule has 1 unspecified atom stereocenters. The van der Waals surface area contributed by atoms with Crippen molar-refractivity contribution < 1.29 is 4.79 Å². The van der Waals surface area contributed by atoms with Crippen molar-refractivity contribution in [3.8, 4) is 0 Å². The maximum Gasteiger partial charge on any atom is 0.272 e. The summed E-state index contributed by atoms with van der Waals surface area (Å²) in [6.07, 6.45) is 3.75. The Morgan fingerprint density at radius 1 is 1.40 bits per heavy atom. The lowest BCUT2D eigenvalue weighted by atomic mass is 10.1. The van der Waals surface area contributed by atoms with Crippen LogP contribution in [0, 0.1) is 0 Å². The van der Waals surface area contributed by atoms with E-state index < -0.39 is 0 Å². The Hall–Kier alpha value is -1.62. The maximum absolute atomic E-state index is 12.3. The molecule has 0 aliphatic carbocycles. The third kappa shape index (κ3) is 4.49. The molecular formula is C15H26N4O. The number of nitrogens with one attached hydrogen (secondary N) is 1. The molecule has 1 heterocycles. The van der Waals surface area contributed by atoms with Crippen LogP contribution in [0.3, 0.4) is 0 Å². The van der Waals surface area contributed by atoms with Gasteiger partial charge in [-0.3, -0.25) is 9.78 Å². The van der Waals surface area contributed by atoms with Crippen LogP contribution >= 0.6 is 0 Å². The van der Waals surface area contributed by atoms with Crippen LogP contribution in [-0.2, 0) is 0 Å². The lowest BCUT2D eigenvalue weighted by molar-refractivity contribution is 0.0767. The van der Waals surface area contributed by atoms with Crippen LogP contribution in [-0.4, -0.2) is 41.5 Å². The van der Waals surface area contributed by atoms with Crippen molar-refractivity contribution in [3.63, 3.8) is 0 Å². The van der Waals surface area contributed by atoms with Gasteiger partial charge in [-0.25, -0.2) is 0 Å².